The van der Waals surface area contributed by atoms with Gasteiger partial charge in [0.25, 0.3) is 0 Å². The number of rotatable bonds is 3. The Bertz CT molecular complexity index is 652. The first-order valence-electron chi connectivity index (χ1n) is 5.01. The largest absolute Gasteiger partial charge is 0.384 e. The molecule has 5 nitrogen and oxygen atoms in total. The van der Waals surface area contributed by atoms with Crippen molar-refractivity contribution in [2.24, 2.45) is 0 Å². The summed E-state index contributed by atoms with van der Waals surface area (Å²) in [6.45, 7) is 0. The molecule has 19 heavy (non-hydrogen) atoms. The van der Waals surface area contributed by atoms with Crippen molar-refractivity contribution in [2.75, 3.05) is 5.73 Å². The van der Waals surface area contributed by atoms with E-state index in [1.165, 1.54) is 18.2 Å². The molecule has 98 valence electrons. The van der Waals surface area contributed by atoms with Crippen LogP contribution in [0, 0.1) is 21.7 Å². The fourth-order valence-electron chi connectivity index (χ4n) is 1.31. The van der Waals surface area contributed by atoms with E-state index in [-0.39, 0.29) is 16.5 Å². The second-order valence-electron chi connectivity index (χ2n) is 3.50. The zero-order chi connectivity index (χ0) is 14.0. The zero-order valence-corrected chi connectivity index (χ0v) is 10.2. The summed E-state index contributed by atoms with van der Waals surface area (Å²) in [6.07, 6.45) is 0. The number of pyridine rings is 1. The van der Waals surface area contributed by atoms with Gasteiger partial charge in [-0.3, -0.25) is 10.1 Å². The maximum Gasteiger partial charge on any atom is 0.301 e. The highest BCUT2D eigenvalue weighted by Gasteiger charge is 2.17. The lowest BCUT2D eigenvalue weighted by molar-refractivity contribution is -0.388. The van der Waals surface area contributed by atoms with E-state index in [0.29, 0.717) is 4.90 Å². The van der Waals surface area contributed by atoms with Crippen LogP contribution < -0.4 is 5.73 Å². The third-order valence-corrected chi connectivity index (χ3v) is 3.15. The van der Waals surface area contributed by atoms with E-state index in [4.69, 9.17) is 5.73 Å². The summed E-state index contributed by atoms with van der Waals surface area (Å²) in [4.78, 5) is 14.3. The number of nitro groups is 1. The van der Waals surface area contributed by atoms with E-state index < -0.39 is 16.6 Å². The van der Waals surface area contributed by atoms with Crippen LogP contribution in [0.25, 0.3) is 0 Å². The summed E-state index contributed by atoms with van der Waals surface area (Å²) in [5, 5.41) is 10.8. The molecule has 0 amide bonds. The monoisotopic (exact) mass is 283 g/mol. The van der Waals surface area contributed by atoms with Crippen LogP contribution in [0.4, 0.5) is 20.3 Å². The average Bonchev–Trinajstić information content (AvgIpc) is 2.33. The molecule has 0 fully saturated rings. The third-order valence-electron chi connectivity index (χ3n) is 2.16. The van der Waals surface area contributed by atoms with Gasteiger partial charge in [0.2, 0.25) is 0 Å². The molecule has 1 aromatic carbocycles. The predicted octanol–water partition coefficient (Wildman–Crippen LogP) is 3.00. The molecule has 0 saturated carbocycles. The highest BCUT2D eigenvalue weighted by Crippen LogP contribution is 2.34. The Balaban J connectivity index is 2.39. The van der Waals surface area contributed by atoms with Gasteiger partial charge in [0.1, 0.15) is 5.82 Å². The van der Waals surface area contributed by atoms with Gasteiger partial charge in [0.15, 0.2) is 16.7 Å². The van der Waals surface area contributed by atoms with Crippen LogP contribution in [0.5, 0.6) is 0 Å². The molecule has 0 aliphatic heterocycles. The summed E-state index contributed by atoms with van der Waals surface area (Å²) in [7, 11) is 0. The maximum atomic E-state index is 13.1. The summed E-state index contributed by atoms with van der Waals surface area (Å²) in [5.74, 6) is -1.91. The molecule has 8 heteroatoms. The lowest BCUT2D eigenvalue weighted by Crippen LogP contribution is -1.97. The number of benzene rings is 1. The number of nitrogens with zero attached hydrogens (tertiary/aromatic N) is 2. The number of anilines is 1. The normalized spacial score (nSPS) is 10.4. The fraction of sp³-hybridized carbons (Fsp3) is 0. The van der Waals surface area contributed by atoms with Gasteiger partial charge in [-0.05, 0) is 24.3 Å². The smallest absolute Gasteiger partial charge is 0.301 e. The fourth-order valence-corrected chi connectivity index (χ4v) is 2.23. The van der Waals surface area contributed by atoms with Crippen LogP contribution in [0.2, 0.25) is 0 Å². The van der Waals surface area contributed by atoms with Crippen LogP contribution in [0.3, 0.4) is 0 Å². The van der Waals surface area contributed by atoms with Crippen molar-refractivity contribution in [1.82, 2.24) is 4.98 Å². The van der Waals surface area contributed by atoms with Gasteiger partial charge in [0, 0.05) is 11.0 Å². The molecule has 0 saturated heterocycles. The molecule has 0 radical (unpaired) electrons. The number of nitrogen functional groups attached to an aromatic ring is 1. The topological polar surface area (TPSA) is 82.0 Å². The maximum absolute atomic E-state index is 13.1. The Labute approximate surface area is 110 Å². The van der Waals surface area contributed by atoms with Crippen molar-refractivity contribution in [3.05, 3.63) is 52.1 Å². The lowest BCUT2D eigenvalue weighted by Gasteiger charge is -2.03. The third kappa shape index (κ3) is 2.97. The molecule has 1 aromatic heterocycles. The van der Waals surface area contributed by atoms with Gasteiger partial charge in [0.05, 0.1) is 4.92 Å². The van der Waals surface area contributed by atoms with Crippen LogP contribution in [0.1, 0.15) is 0 Å². The van der Waals surface area contributed by atoms with Gasteiger partial charge in [-0.25, -0.2) is 13.8 Å². The zero-order valence-electron chi connectivity index (χ0n) is 9.34. The second-order valence-corrected chi connectivity index (χ2v) is 4.56. The first-order chi connectivity index (χ1) is 8.97. The summed E-state index contributed by atoms with van der Waals surface area (Å²) < 4.78 is 25.8. The number of aromatic nitrogens is 1. The summed E-state index contributed by atoms with van der Waals surface area (Å²) in [6, 6.07) is 5.69. The molecule has 1 heterocycles. The molecule has 0 bridgehead atoms. The van der Waals surface area contributed by atoms with Gasteiger partial charge >= 0.3 is 5.69 Å². The van der Waals surface area contributed by atoms with Gasteiger partial charge in [-0.1, -0.05) is 11.8 Å². The molecule has 0 atom stereocenters. The molecule has 0 aliphatic rings. The molecule has 2 aromatic rings. The molecule has 2 rings (SSSR count). The number of hydrogen-bond acceptors (Lipinski definition) is 5. The number of nitrogens with two attached hydrogens (primary N) is 1. The van der Waals surface area contributed by atoms with Gasteiger partial charge < -0.3 is 5.73 Å². The first-order valence-corrected chi connectivity index (χ1v) is 5.83. The van der Waals surface area contributed by atoms with Crippen LogP contribution in [-0.4, -0.2) is 9.91 Å². The van der Waals surface area contributed by atoms with E-state index in [1.807, 2.05) is 0 Å². The minimum Gasteiger partial charge on any atom is -0.384 e. The number of hydrogen-bond donors (Lipinski definition) is 1. The van der Waals surface area contributed by atoms with Gasteiger partial charge in [-0.2, -0.15) is 0 Å². The average molecular weight is 283 g/mol. The van der Waals surface area contributed by atoms with E-state index in [0.717, 1.165) is 23.9 Å². The number of halogens is 2. The Morgan fingerprint density at radius 1 is 1.21 bits per heavy atom. The molecular formula is C11H7F2N3O2S. The molecule has 0 unspecified atom stereocenters. The van der Waals surface area contributed by atoms with E-state index >= 15 is 0 Å². The van der Waals surface area contributed by atoms with Gasteiger partial charge in [-0.15, -0.1) is 0 Å². The van der Waals surface area contributed by atoms with E-state index in [1.54, 1.807) is 0 Å². The van der Waals surface area contributed by atoms with E-state index in [9.17, 15) is 18.9 Å². The van der Waals surface area contributed by atoms with Crippen LogP contribution >= 0.6 is 11.8 Å². The minimum absolute atomic E-state index is 0.0241. The first kappa shape index (κ1) is 13.2. The van der Waals surface area contributed by atoms with Crippen molar-refractivity contribution in [2.45, 2.75) is 9.92 Å². The molecular weight excluding hydrogens is 276 g/mol. The van der Waals surface area contributed by atoms with Crippen LogP contribution in [-0.2, 0) is 0 Å². The SMILES string of the molecule is Nc1ccc([N+](=O)[O-])c(Sc2ccc(F)c(F)c2)n1. The highest BCUT2D eigenvalue weighted by atomic mass is 32.2. The Morgan fingerprint density at radius 2 is 1.95 bits per heavy atom. The van der Waals surface area contributed by atoms with Crippen molar-refractivity contribution < 1.29 is 13.7 Å². The molecule has 0 spiro atoms. The van der Waals surface area contributed by atoms with E-state index in [2.05, 4.69) is 4.98 Å². The van der Waals surface area contributed by atoms with Crippen molar-refractivity contribution in [3.8, 4) is 0 Å². The Morgan fingerprint density at radius 3 is 2.58 bits per heavy atom. The summed E-state index contributed by atoms with van der Waals surface area (Å²) >= 11 is 0.840. The van der Waals surface area contributed by atoms with Crippen LogP contribution in [0.15, 0.2) is 40.3 Å². The standard InChI is InChI=1S/C11H7F2N3O2S/c12-7-2-1-6(5-8(7)13)19-11-9(16(17)18)3-4-10(14)15-11/h1-5H,(H2,14,15). The van der Waals surface area contributed by atoms with Crippen molar-refractivity contribution in [3.63, 3.8) is 0 Å². The predicted molar refractivity (Wildman–Crippen MR) is 65.8 cm³/mol. The molecule has 0 aliphatic carbocycles. The van der Waals surface area contributed by atoms with Crippen molar-refractivity contribution in [1.29, 1.82) is 0 Å². The second kappa shape index (κ2) is 5.19. The minimum atomic E-state index is -1.03. The Hall–Kier alpha value is -2.22. The Kier molecular flexibility index (Phi) is 3.61. The quantitative estimate of drug-likeness (QED) is 0.691. The van der Waals surface area contributed by atoms with Crippen molar-refractivity contribution >= 4 is 23.3 Å². The summed E-state index contributed by atoms with van der Waals surface area (Å²) in [5.41, 5.74) is 5.21. The lowest BCUT2D eigenvalue weighted by atomic mass is 10.3. The molecule has 2 N–H and O–H groups in total. The highest BCUT2D eigenvalue weighted by molar-refractivity contribution is 7.99.